The molecule has 0 aliphatic carbocycles. The summed E-state index contributed by atoms with van der Waals surface area (Å²) in [6.45, 7) is 4.29. The zero-order valence-corrected chi connectivity index (χ0v) is 11.9. The molecule has 1 amide bonds. The Bertz CT molecular complexity index is 423. The lowest BCUT2D eigenvalue weighted by atomic mass is 10.1. The number of benzene rings is 1. The third-order valence-corrected chi connectivity index (χ3v) is 3.08. The lowest BCUT2D eigenvalue weighted by Crippen LogP contribution is -2.38. The van der Waals surface area contributed by atoms with Gasteiger partial charge in [0.2, 0.25) is 0 Å². The normalized spacial score (nSPS) is 10.8. The summed E-state index contributed by atoms with van der Waals surface area (Å²) in [6, 6.07) is 4.07. The van der Waals surface area contributed by atoms with Crippen LogP contribution in [0, 0.1) is 5.82 Å². The molecule has 0 N–H and O–H groups in total. The number of halogens is 3. The number of alkyl halides is 1. The minimum absolute atomic E-state index is 0.00389. The molecule has 0 heterocycles. The third-order valence-electron chi connectivity index (χ3n) is 2.58. The van der Waals surface area contributed by atoms with Gasteiger partial charge in [-0.05, 0) is 38.5 Å². The van der Waals surface area contributed by atoms with Crippen LogP contribution in [0.2, 0.25) is 5.02 Å². The average Bonchev–Trinajstić information content (AvgIpc) is 2.28. The highest BCUT2D eigenvalue weighted by molar-refractivity contribution is 6.30. The van der Waals surface area contributed by atoms with Crippen molar-refractivity contribution in [2.24, 2.45) is 0 Å². The van der Waals surface area contributed by atoms with Crippen molar-refractivity contribution in [1.82, 2.24) is 4.90 Å². The van der Waals surface area contributed by atoms with Gasteiger partial charge >= 0.3 is 0 Å². The van der Waals surface area contributed by atoms with Gasteiger partial charge in [0.05, 0.1) is 5.56 Å². The molecule has 0 unspecified atom stereocenters. The Hall–Kier alpha value is -0.800. The Morgan fingerprint density at radius 1 is 1.44 bits per heavy atom. The first-order valence-corrected chi connectivity index (χ1v) is 6.70. The molecule has 0 fully saturated rings. The maximum absolute atomic E-state index is 13.7. The zero-order chi connectivity index (χ0) is 13.7. The second kappa shape index (κ2) is 6.95. The van der Waals surface area contributed by atoms with Crippen LogP contribution in [-0.4, -0.2) is 29.3 Å². The third kappa shape index (κ3) is 3.85. The molecule has 18 heavy (non-hydrogen) atoms. The van der Waals surface area contributed by atoms with Crippen molar-refractivity contribution in [3.8, 4) is 0 Å². The molecule has 1 aromatic carbocycles. The summed E-state index contributed by atoms with van der Waals surface area (Å²) < 4.78 is 13.7. The highest BCUT2D eigenvalue weighted by Gasteiger charge is 2.21. The molecule has 0 atom stereocenters. The van der Waals surface area contributed by atoms with Gasteiger partial charge < -0.3 is 4.90 Å². The van der Waals surface area contributed by atoms with E-state index in [1.807, 2.05) is 13.8 Å². The van der Waals surface area contributed by atoms with E-state index in [4.69, 9.17) is 23.2 Å². The molecule has 0 aromatic heterocycles. The Morgan fingerprint density at radius 3 is 2.61 bits per heavy atom. The van der Waals surface area contributed by atoms with E-state index in [9.17, 15) is 9.18 Å². The molecule has 0 aliphatic rings. The second-order valence-electron chi connectivity index (χ2n) is 4.26. The summed E-state index contributed by atoms with van der Waals surface area (Å²) >= 11 is 11.3. The van der Waals surface area contributed by atoms with E-state index < -0.39 is 5.82 Å². The standard InChI is InChI=1S/C13H16Cl2FNO/c1-9(2)17(7-3-6-14)13(18)11-5-4-10(15)8-12(11)16/h4-5,8-9H,3,6-7H2,1-2H3. The number of carbonyl (C=O) groups is 1. The molecule has 0 saturated heterocycles. The molecule has 100 valence electrons. The van der Waals surface area contributed by atoms with E-state index in [1.54, 1.807) is 4.90 Å². The summed E-state index contributed by atoms with van der Waals surface area (Å²) in [6.07, 6.45) is 0.681. The number of nitrogens with zero attached hydrogens (tertiary/aromatic N) is 1. The van der Waals surface area contributed by atoms with E-state index >= 15 is 0 Å². The molecule has 0 aliphatic heterocycles. The molecule has 0 saturated carbocycles. The fraction of sp³-hybridized carbons (Fsp3) is 0.462. The second-order valence-corrected chi connectivity index (χ2v) is 5.07. The number of carbonyl (C=O) groups excluding carboxylic acids is 1. The van der Waals surface area contributed by atoms with Gasteiger partial charge in [0.1, 0.15) is 5.82 Å². The minimum atomic E-state index is -0.593. The largest absolute Gasteiger partial charge is 0.336 e. The molecule has 0 spiro atoms. The van der Waals surface area contributed by atoms with Crippen molar-refractivity contribution in [2.45, 2.75) is 26.3 Å². The van der Waals surface area contributed by atoms with E-state index in [1.165, 1.54) is 12.1 Å². The highest BCUT2D eigenvalue weighted by Crippen LogP contribution is 2.17. The van der Waals surface area contributed by atoms with Crippen molar-refractivity contribution in [3.05, 3.63) is 34.6 Å². The zero-order valence-electron chi connectivity index (χ0n) is 10.4. The topological polar surface area (TPSA) is 20.3 Å². The van der Waals surface area contributed by atoms with Gasteiger partial charge in [-0.15, -0.1) is 11.6 Å². The van der Waals surface area contributed by atoms with E-state index in [2.05, 4.69) is 0 Å². The summed E-state index contributed by atoms with van der Waals surface area (Å²) in [4.78, 5) is 13.8. The van der Waals surface area contributed by atoms with Gasteiger partial charge in [-0.25, -0.2) is 4.39 Å². The number of hydrogen-bond donors (Lipinski definition) is 0. The van der Waals surface area contributed by atoms with Gasteiger partial charge in [-0.2, -0.15) is 0 Å². The van der Waals surface area contributed by atoms with Crippen LogP contribution in [0.3, 0.4) is 0 Å². The van der Waals surface area contributed by atoms with Crippen LogP contribution in [-0.2, 0) is 0 Å². The Labute approximate surface area is 117 Å². The van der Waals surface area contributed by atoms with Crippen molar-refractivity contribution < 1.29 is 9.18 Å². The van der Waals surface area contributed by atoms with Crippen LogP contribution in [0.1, 0.15) is 30.6 Å². The molecule has 2 nitrogen and oxygen atoms in total. The van der Waals surface area contributed by atoms with Crippen molar-refractivity contribution in [1.29, 1.82) is 0 Å². The maximum atomic E-state index is 13.7. The molecule has 5 heteroatoms. The molecular weight excluding hydrogens is 276 g/mol. The molecular formula is C13H16Cl2FNO. The minimum Gasteiger partial charge on any atom is -0.336 e. The van der Waals surface area contributed by atoms with Gasteiger partial charge in [-0.1, -0.05) is 11.6 Å². The molecule has 1 rings (SSSR count). The average molecular weight is 292 g/mol. The Morgan fingerprint density at radius 2 is 2.11 bits per heavy atom. The summed E-state index contributed by atoms with van der Waals surface area (Å²) in [7, 11) is 0. The summed E-state index contributed by atoms with van der Waals surface area (Å²) in [5.74, 6) is -0.451. The van der Waals surface area contributed by atoms with Crippen LogP contribution in [0.15, 0.2) is 18.2 Å². The van der Waals surface area contributed by atoms with Crippen molar-refractivity contribution in [2.75, 3.05) is 12.4 Å². The number of rotatable bonds is 5. The first-order chi connectivity index (χ1) is 8.47. The van der Waals surface area contributed by atoms with Gasteiger partial charge in [-0.3, -0.25) is 4.79 Å². The summed E-state index contributed by atoms with van der Waals surface area (Å²) in [5, 5.41) is 0.279. The predicted octanol–water partition coefficient (Wildman–Crippen LogP) is 3.96. The Kier molecular flexibility index (Phi) is 5.89. The lowest BCUT2D eigenvalue weighted by Gasteiger charge is -2.26. The fourth-order valence-corrected chi connectivity index (χ4v) is 1.92. The van der Waals surface area contributed by atoms with Crippen molar-refractivity contribution in [3.63, 3.8) is 0 Å². The first-order valence-electron chi connectivity index (χ1n) is 5.79. The summed E-state index contributed by atoms with van der Waals surface area (Å²) in [5.41, 5.74) is 0.0441. The van der Waals surface area contributed by atoms with E-state index in [0.29, 0.717) is 18.8 Å². The van der Waals surface area contributed by atoms with Crippen molar-refractivity contribution >= 4 is 29.1 Å². The van der Waals surface area contributed by atoms with Crippen LogP contribution in [0.5, 0.6) is 0 Å². The monoisotopic (exact) mass is 291 g/mol. The maximum Gasteiger partial charge on any atom is 0.257 e. The van der Waals surface area contributed by atoms with Gasteiger partial charge in [0.25, 0.3) is 5.91 Å². The highest BCUT2D eigenvalue weighted by atomic mass is 35.5. The van der Waals surface area contributed by atoms with Gasteiger partial charge in [0.15, 0.2) is 0 Å². The number of hydrogen-bond acceptors (Lipinski definition) is 1. The molecule has 0 bridgehead atoms. The van der Waals surface area contributed by atoms with Gasteiger partial charge in [0, 0.05) is 23.5 Å². The Balaban J connectivity index is 2.94. The quantitative estimate of drug-likeness (QED) is 0.752. The lowest BCUT2D eigenvalue weighted by molar-refractivity contribution is 0.0701. The first kappa shape index (κ1) is 15.3. The SMILES string of the molecule is CC(C)N(CCCCl)C(=O)c1ccc(Cl)cc1F. The van der Waals surface area contributed by atoms with Crippen LogP contribution >= 0.6 is 23.2 Å². The fourth-order valence-electron chi connectivity index (χ4n) is 1.64. The van der Waals surface area contributed by atoms with Crippen LogP contribution in [0.4, 0.5) is 4.39 Å². The number of amides is 1. The molecule has 0 radical (unpaired) electrons. The van der Waals surface area contributed by atoms with Crippen LogP contribution < -0.4 is 0 Å². The molecule has 1 aromatic rings. The smallest absolute Gasteiger partial charge is 0.257 e. The van der Waals surface area contributed by atoms with E-state index in [0.717, 1.165) is 6.07 Å². The van der Waals surface area contributed by atoms with Crippen LogP contribution in [0.25, 0.3) is 0 Å². The van der Waals surface area contributed by atoms with E-state index in [-0.39, 0.29) is 22.5 Å². The predicted molar refractivity (Wildman–Crippen MR) is 72.9 cm³/mol.